The molecule has 0 spiro atoms. The van der Waals surface area contributed by atoms with Crippen molar-refractivity contribution in [2.45, 2.75) is 25.7 Å². The molecule has 3 N–H and O–H groups in total. The summed E-state index contributed by atoms with van der Waals surface area (Å²) in [5, 5.41) is 12.4. The highest BCUT2D eigenvalue weighted by Gasteiger charge is 2.43. The van der Waals surface area contributed by atoms with Crippen LogP contribution in [-0.2, 0) is 11.2 Å². The predicted molar refractivity (Wildman–Crippen MR) is 61.3 cm³/mol. The Hall–Kier alpha value is -1.29. The minimum absolute atomic E-state index is 0.476. The molecule has 1 aromatic heterocycles. The summed E-state index contributed by atoms with van der Waals surface area (Å²) in [6.45, 7) is 1.43. The fourth-order valence-electron chi connectivity index (χ4n) is 2.14. The Labute approximate surface area is 95.1 Å². The Balaban J connectivity index is 1.69. The molecular weight excluding hydrogens is 204 g/mol. The van der Waals surface area contributed by atoms with E-state index in [-0.39, 0.29) is 0 Å². The largest absolute Gasteiger partial charge is 0.481 e. The summed E-state index contributed by atoms with van der Waals surface area (Å²) in [7, 11) is 0. The topological polar surface area (TPSA) is 65.1 Å². The molecule has 0 atom stereocenters. The number of aromatic amines is 1. The molecule has 1 fully saturated rings. The van der Waals surface area contributed by atoms with E-state index in [1.807, 2.05) is 18.3 Å². The Kier molecular flexibility index (Phi) is 3.29. The van der Waals surface area contributed by atoms with Crippen molar-refractivity contribution in [1.82, 2.24) is 10.3 Å². The number of H-pyrrole nitrogens is 1. The Morgan fingerprint density at radius 3 is 2.88 bits per heavy atom. The Bertz CT molecular complexity index is 342. The van der Waals surface area contributed by atoms with Crippen molar-refractivity contribution < 1.29 is 9.90 Å². The monoisotopic (exact) mass is 222 g/mol. The van der Waals surface area contributed by atoms with Crippen LogP contribution in [0.25, 0.3) is 0 Å². The molecule has 88 valence electrons. The van der Waals surface area contributed by atoms with E-state index in [0.717, 1.165) is 32.2 Å². The third-order valence-electron chi connectivity index (χ3n) is 3.46. The van der Waals surface area contributed by atoms with Gasteiger partial charge < -0.3 is 15.4 Å². The summed E-state index contributed by atoms with van der Waals surface area (Å²) >= 11 is 0. The number of carboxylic acid groups (broad SMARTS) is 1. The van der Waals surface area contributed by atoms with Crippen LogP contribution in [0.3, 0.4) is 0 Å². The van der Waals surface area contributed by atoms with Crippen LogP contribution in [-0.4, -0.2) is 29.1 Å². The molecule has 4 heteroatoms. The van der Waals surface area contributed by atoms with Gasteiger partial charge in [-0.3, -0.25) is 4.79 Å². The zero-order valence-electron chi connectivity index (χ0n) is 9.33. The Morgan fingerprint density at radius 2 is 2.38 bits per heavy atom. The molecule has 0 amide bonds. The van der Waals surface area contributed by atoms with Gasteiger partial charge in [0.25, 0.3) is 0 Å². The summed E-state index contributed by atoms with van der Waals surface area (Å²) in [5.74, 6) is -0.647. The summed E-state index contributed by atoms with van der Waals surface area (Å²) in [5.41, 5.74) is 0.709. The molecule has 1 saturated carbocycles. The van der Waals surface area contributed by atoms with Crippen molar-refractivity contribution in [2.24, 2.45) is 5.41 Å². The van der Waals surface area contributed by atoms with Crippen LogP contribution in [0.1, 0.15) is 25.0 Å². The van der Waals surface area contributed by atoms with E-state index < -0.39 is 11.4 Å². The lowest BCUT2D eigenvalue weighted by atomic mass is 9.69. The van der Waals surface area contributed by atoms with Crippen molar-refractivity contribution in [3.8, 4) is 0 Å². The fraction of sp³-hybridized carbons (Fsp3) is 0.583. The zero-order chi connectivity index (χ0) is 11.4. The molecule has 0 radical (unpaired) electrons. The first kappa shape index (κ1) is 11.2. The smallest absolute Gasteiger partial charge is 0.310 e. The van der Waals surface area contributed by atoms with Gasteiger partial charge in [-0.1, -0.05) is 6.42 Å². The maximum absolute atomic E-state index is 11.1. The lowest BCUT2D eigenvalue weighted by molar-refractivity contribution is -0.154. The number of rotatable bonds is 6. The molecule has 0 aromatic carbocycles. The molecule has 1 aromatic rings. The van der Waals surface area contributed by atoms with Gasteiger partial charge in [0.2, 0.25) is 0 Å². The fourth-order valence-corrected chi connectivity index (χ4v) is 2.14. The predicted octanol–water partition coefficient (Wildman–Crippen LogP) is 1.40. The van der Waals surface area contributed by atoms with Gasteiger partial charge in [-0.15, -0.1) is 0 Å². The highest BCUT2D eigenvalue weighted by atomic mass is 16.4. The average molecular weight is 222 g/mol. The summed E-state index contributed by atoms with van der Waals surface area (Å²) in [6, 6.07) is 4.01. The molecule has 0 unspecified atom stereocenters. The maximum Gasteiger partial charge on any atom is 0.310 e. The van der Waals surface area contributed by atoms with Crippen molar-refractivity contribution in [1.29, 1.82) is 0 Å². The second-order valence-electron chi connectivity index (χ2n) is 4.56. The number of aliphatic carboxylic acids is 1. The number of carbonyl (C=O) groups is 1. The quantitative estimate of drug-likeness (QED) is 0.637. The van der Waals surface area contributed by atoms with E-state index in [2.05, 4.69) is 10.3 Å². The third-order valence-corrected chi connectivity index (χ3v) is 3.46. The van der Waals surface area contributed by atoms with E-state index in [4.69, 9.17) is 5.11 Å². The van der Waals surface area contributed by atoms with Crippen LogP contribution in [0.5, 0.6) is 0 Å². The first-order valence-corrected chi connectivity index (χ1v) is 5.79. The average Bonchev–Trinajstić information content (AvgIpc) is 2.67. The van der Waals surface area contributed by atoms with Crippen molar-refractivity contribution in [3.05, 3.63) is 24.0 Å². The van der Waals surface area contributed by atoms with Gasteiger partial charge >= 0.3 is 5.97 Å². The SMILES string of the molecule is O=C(O)C1(CNCCc2ccc[nH]2)CCC1. The molecule has 0 bridgehead atoms. The van der Waals surface area contributed by atoms with Crippen LogP contribution < -0.4 is 5.32 Å². The molecule has 1 aliphatic carbocycles. The van der Waals surface area contributed by atoms with Crippen molar-refractivity contribution >= 4 is 5.97 Å². The van der Waals surface area contributed by atoms with Gasteiger partial charge in [-0.25, -0.2) is 0 Å². The van der Waals surface area contributed by atoms with Crippen molar-refractivity contribution in [2.75, 3.05) is 13.1 Å². The lowest BCUT2D eigenvalue weighted by Gasteiger charge is -2.37. The molecule has 1 heterocycles. The molecule has 1 aliphatic rings. The minimum Gasteiger partial charge on any atom is -0.481 e. The maximum atomic E-state index is 11.1. The summed E-state index contributed by atoms with van der Waals surface area (Å²) < 4.78 is 0. The van der Waals surface area contributed by atoms with E-state index in [9.17, 15) is 4.79 Å². The minimum atomic E-state index is -0.647. The number of hydrogen-bond donors (Lipinski definition) is 3. The van der Waals surface area contributed by atoms with E-state index in [1.165, 1.54) is 5.69 Å². The van der Waals surface area contributed by atoms with Gasteiger partial charge in [0.15, 0.2) is 0 Å². The van der Waals surface area contributed by atoms with Crippen LogP contribution >= 0.6 is 0 Å². The number of nitrogens with one attached hydrogen (secondary N) is 2. The van der Waals surface area contributed by atoms with Gasteiger partial charge in [0, 0.05) is 25.0 Å². The van der Waals surface area contributed by atoms with Gasteiger partial charge in [0.05, 0.1) is 5.41 Å². The van der Waals surface area contributed by atoms with E-state index in [1.54, 1.807) is 0 Å². The summed E-state index contributed by atoms with van der Waals surface area (Å²) in [4.78, 5) is 14.2. The Morgan fingerprint density at radius 1 is 1.56 bits per heavy atom. The van der Waals surface area contributed by atoms with E-state index in [0.29, 0.717) is 6.54 Å². The molecular formula is C12H18N2O2. The normalized spacial score (nSPS) is 18.0. The first-order chi connectivity index (χ1) is 7.73. The zero-order valence-corrected chi connectivity index (χ0v) is 9.33. The number of aromatic nitrogens is 1. The van der Waals surface area contributed by atoms with Gasteiger partial charge in [-0.05, 0) is 31.4 Å². The van der Waals surface area contributed by atoms with Gasteiger partial charge in [-0.2, -0.15) is 0 Å². The van der Waals surface area contributed by atoms with E-state index >= 15 is 0 Å². The molecule has 2 rings (SSSR count). The second-order valence-corrected chi connectivity index (χ2v) is 4.56. The number of hydrogen-bond acceptors (Lipinski definition) is 2. The first-order valence-electron chi connectivity index (χ1n) is 5.79. The molecule has 0 aliphatic heterocycles. The number of carboxylic acids is 1. The van der Waals surface area contributed by atoms with Crippen molar-refractivity contribution in [3.63, 3.8) is 0 Å². The van der Waals surface area contributed by atoms with Gasteiger partial charge in [0.1, 0.15) is 0 Å². The molecule has 0 saturated heterocycles. The highest BCUT2D eigenvalue weighted by Crippen LogP contribution is 2.40. The summed E-state index contributed by atoms with van der Waals surface area (Å²) in [6.07, 6.45) is 5.50. The highest BCUT2D eigenvalue weighted by molar-refractivity contribution is 5.76. The standard InChI is InChI=1S/C12H18N2O2/c15-11(16)12(5-2-6-12)9-13-8-4-10-3-1-7-14-10/h1,3,7,13-14H,2,4-6,8-9H2,(H,15,16). The van der Waals surface area contributed by atoms with Crippen LogP contribution in [0, 0.1) is 5.41 Å². The molecule has 4 nitrogen and oxygen atoms in total. The van der Waals surface area contributed by atoms with Crippen LogP contribution in [0.15, 0.2) is 18.3 Å². The van der Waals surface area contributed by atoms with Crippen LogP contribution in [0.2, 0.25) is 0 Å². The van der Waals surface area contributed by atoms with Crippen LogP contribution in [0.4, 0.5) is 0 Å². The third kappa shape index (κ3) is 2.27. The second kappa shape index (κ2) is 4.70. The molecule has 16 heavy (non-hydrogen) atoms. The lowest BCUT2D eigenvalue weighted by Crippen LogP contribution is -2.46.